The van der Waals surface area contributed by atoms with Crippen molar-refractivity contribution in [3.8, 4) is 11.8 Å². The molecule has 2 N–H and O–H groups in total. The molecule has 0 unspecified atom stereocenters. The van der Waals surface area contributed by atoms with Crippen LogP contribution in [0.5, 0.6) is 0 Å². The maximum absolute atomic E-state index is 12.3. The minimum Gasteiger partial charge on any atom is -0.468 e. The van der Waals surface area contributed by atoms with Gasteiger partial charge in [-0.1, -0.05) is 11.8 Å². The molecule has 0 fully saturated rings. The lowest BCUT2D eigenvalue weighted by molar-refractivity contribution is -0.141. The van der Waals surface area contributed by atoms with E-state index < -0.39 is 5.97 Å². The maximum atomic E-state index is 12.3. The third-order valence-corrected chi connectivity index (χ3v) is 3.30. The number of ether oxygens (including phenoxy) is 1. The first-order valence-corrected chi connectivity index (χ1v) is 6.64. The number of thiophene rings is 1. The summed E-state index contributed by atoms with van der Waals surface area (Å²) in [6, 6.07) is 1.77. The quantitative estimate of drug-likeness (QED) is 0.650. The SMILES string of the molecule is CCN(CC(=O)OC)C(=O)c1sccc1C#CCN. The van der Waals surface area contributed by atoms with E-state index in [9.17, 15) is 9.59 Å². The topological polar surface area (TPSA) is 72.6 Å². The predicted octanol–water partition coefficient (Wildman–Crippen LogP) is 0.693. The fraction of sp³-hybridized carbons (Fsp3) is 0.385. The van der Waals surface area contributed by atoms with Crippen molar-refractivity contribution in [1.82, 2.24) is 4.90 Å². The van der Waals surface area contributed by atoms with Gasteiger partial charge < -0.3 is 15.4 Å². The molecule has 6 heteroatoms. The van der Waals surface area contributed by atoms with Gasteiger partial charge in [0.05, 0.1) is 13.7 Å². The van der Waals surface area contributed by atoms with Gasteiger partial charge in [0.1, 0.15) is 11.4 Å². The maximum Gasteiger partial charge on any atom is 0.325 e. The first-order chi connectivity index (χ1) is 9.13. The van der Waals surface area contributed by atoms with Gasteiger partial charge in [-0.15, -0.1) is 11.3 Å². The predicted molar refractivity (Wildman–Crippen MR) is 73.8 cm³/mol. The molecule has 1 rings (SSSR count). The fourth-order valence-electron chi connectivity index (χ4n) is 1.41. The summed E-state index contributed by atoms with van der Waals surface area (Å²) in [4.78, 5) is 25.5. The molecule has 0 radical (unpaired) electrons. The summed E-state index contributed by atoms with van der Waals surface area (Å²) in [6.07, 6.45) is 0. The molecule has 1 heterocycles. The zero-order chi connectivity index (χ0) is 14.3. The van der Waals surface area contributed by atoms with Crippen LogP contribution in [0.1, 0.15) is 22.2 Å². The highest BCUT2D eigenvalue weighted by molar-refractivity contribution is 7.12. The van der Waals surface area contributed by atoms with Crippen LogP contribution in [0.25, 0.3) is 0 Å². The number of nitrogens with two attached hydrogens (primary N) is 1. The average molecular weight is 280 g/mol. The molecular formula is C13H16N2O3S. The number of esters is 1. The number of hydrogen-bond donors (Lipinski definition) is 1. The summed E-state index contributed by atoms with van der Waals surface area (Å²) in [5.41, 5.74) is 5.96. The lowest BCUT2D eigenvalue weighted by Gasteiger charge is -2.18. The van der Waals surface area contributed by atoms with Gasteiger partial charge in [-0.2, -0.15) is 0 Å². The summed E-state index contributed by atoms with van der Waals surface area (Å²) < 4.78 is 4.57. The smallest absolute Gasteiger partial charge is 0.325 e. The van der Waals surface area contributed by atoms with Crippen LogP contribution >= 0.6 is 11.3 Å². The summed E-state index contributed by atoms with van der Waals surface area (Å²) in [7, 11) is 1.30. The van der Waals surface area contributed by atoms with Crippen LogP contribution in [0, 0.1) is 11.8 Å². The number of carbonyl (C=O) groups is 2. The van der Waals surface area contributed by atoms with Crippen LogP contribution in [0.3, 0.4) is 0 Å². The lowest BCUT2D eigenvalue weighted by Crippen LogP contribution is -2.35. The summed E-state index contributed by atoms with van der Waals surface area (Å²) >= 11 is 1.30. The van der Waals surface area contributed by atoms with E-state index in [0.29, 0.717) is 17.0 Å². The third kappa shape index (κ3) is 4.09. The Kier molecular flexibility index (Phi) is 6.06. The molecule has 0 saturated heterocycles. The number of nitrogens with zero attached hydrogens (tertiary/aromatic N) is 1. The number of hydrogen-bond acceptors (Lipinski definition) is 5. The van der Waals surface area contributed by atoms with Crippen molar-refractivity contribution in [2.24, 2.45) is 5.73 Å². The molecule has 5 nitrogen and oxygen atoms in total. The Morgan fingerprint density at radius 2 is 2.26 bits per heavy atom. The Hall–Kier alpha value is -1.84. The Morgan fingerprint density at radius 3 is 2.84 bits per heavy atom. The Bertz CT molecular complexity index is 513. The molecule has 1 aromatic heterocycles. The number of methoxy groups -OCH3 is 1. The van der Waals surface area contributed by atoms with Gasteiger partial charge in [0.2, 0.25) is 0 Å². The van der Waals surface area contributed by atoms with Gasteiger partial charge in [0.15, 0.2) is 0 Å². The molecule has 0 aliphatic carbocycles. The zero-order valence-corrected chi connectivity index (χ0v) is 11.8. The summed E-state index contributed by atoms with van der Waals surface area (Å²) in [5, 5.41) is 1.79. The van der Waals surface area contributed by atoms with Crippen LogP contribution in [-0.4, -0.2) is 43.5 Å². The monoisotopic (exact) mass is 280 g/mol. The molecule has 0 aliphatic heterocycles. The molecule has 0 aliphatic rings. The number of rotatable bonds is 4. The van der Waals surface area contributed by atoms with Crippen molar-refractivity contribution in [2.45, 2.75) is 6.92 Å². The van der Waals surface area contributed by atoms with E-state index in [0.717, 1.165) is 0 Å². The molecular weight excluding hydrogens is 264 g/mol. The number of carbonyl (C=O) groups excluding carboxylic acids is 2. The Balaban J connectivity index is 2.91. The van der Waals surface area contributed by atoms with Crippen LogP contribution in [0.2, 0.25) is 0 Å². The average Bonchev–Trinajstić information content (AvgIpc) is 2.89. The van der Waals surface area contributed by atoms with E-state index in [2.05, 4.69) is 16.6 Å². The normalized spacial score (nSPS) is 9.42. The molecule has 0 aromatic carbocycles. The van der Waals surface area contributed by atoms with E-state index in [1.807, 2.05) is 0 Å². The van der Waals surface area contributed by atoms with Gasteiger partial charge in [-0.05, 0) is 18.4 Å². The van der Waals surface area contributed by atoms with Crippen LogP contribution in [0.15, 0.2) is 11.4 Å². The second kappa shape index (κ2) is 7.56. The highest BCUT2D eigenvalue weighted by Gasteiger charge is 2.20. The zero-order valence-electron chi connectivity index (χ0n) is 10.9. The molecule has 1 aromatic rings. The first kappa shape index (κ1) is 15.2. The summed E-state index contributed by atoms with van der Waals surface area (Å²) in [5.74, 6) is 4.91. The second-order valence-electron chi connectivity index (χ2n) is 3.56. The lowest BCUT2D eigenvalue weighted by atomic mass is 10.2. The van der Waals surface area contributed by atoms with Gasteiger partial charge in [0.25, 0.3) is 5.91 Å². The second-order valence-corrected chi connectivity index (χ2v) is 4.48. The highest BCUT2D eigenvalue weighted by Crippen LogP contribution is 2.18. The van der Waals surface area contributed by atoms with E-state index in [1.165, 1.54) is 23.3 Å². The summed E-state index contributed by atoms with van der Waals surface area (Å²) in [6.45, 7) is 2.41. The van der Waals surface area contributed by atoms with Crippen molar-refractivity contribution in [1.29, 1.82) is 0 Å². The molecule has 19 heavy (non-hydrogen) atoms. The van der Waals surface area contributed by atoms with Crippen molar-refractivity contribution >= 4 is 23.2 Å². The highest BCUT2D eigenvalue weighted by atomic mass is 32.1. The molecule has 0 saturated carbocycles. The van der Waals surface area contributed by atoms with Crippen LogP contribution < -0.4 is 5.73 Å². The molecule has 102 valence electrons. The van der Waals surface area contributed by atoms with E-state index in [1.54, 1.807) is 18.4 Å². The van der Waals surface area contributed by atoms with Crippen molar-refractivity contribution < 1.29 is 14.3 Å². The first-order valence-electron chi connectivity index (χ1n) is 5.76. The van der Waals surface area contributed by atoms with E-state index in [-0.39, 0.29) is 19.0 Å². The molecule has 1 amide bonds. The minimum absolute atomic E-state index is 0.0620. The third-order valence-electron chi connectivity index (χ3n) is 2.40. The van der Waals surface area contributed by atoms with Gasteiger partial charge in [-0.25, -0.2) is 0 Å². The van der Waals surface area contributed by atoms with Crippen molar-refractivity contribution in [3.05, 3.63) is 21.9 Å². The Morgan fingerprint density at radius 1 is 1.53 bits per heavy atom. The number of amides is 1. The van der Waals surface area contributed by atoms with Gasteiger partial charge in [-0.3, -0.25) is 9.59 Å². The van der Waals surface area contributed by atoms with Gasteiger partial charge >= 0.3 is 5.97 Å². The van der Waals surface area contributed by atoms with Crippen LogP contribution in [-0.2, 0) is 9.53 Å². The van der Waals surface area contributed by atoms with E-state index >= 15 is 0 Å². The molecule has 0 bridgehead atoms. The van der Waals surface area contributed by atoms with E-state index in [4.69, 9.17) is 5.73 Å². The minimum atomic E-state index is -0.443. The molecule has 0 spiro atoms. The van der Waals surface area contributed by atoms with Gasteiger partial charge in [0, 0.05) is 12.1 Å². The molecule has 0 atom stereocenters. The number of likely N-dealkylation sites (N-methyl/N-ethyl adjacent to an activating group) is 1. The standard InChI is InChI=1S/C13H16N2O3S/c1-3-15(9-11(16)18-2)13(17)12-10(5-4-7-14)6-8-19-12/h6,8H,3,7,9,14H2,1-2H3. The largest absolute Gasteiger partial charge is 0.468 e. The van der Waals surface area contributed by atoms with Crippen molar-refractivity contribution in [2.75, 3.05) is 26.7 Å². The Labute approximate surface area is 116 Å². The fourth-order valence-corrected chi connectivity index (χ4v) is 2.23. The van der Waals surface area contributed by atoms with Crippen LogP contribution in [0.4, 0.5) is 0 Å². The van der Waals surface area contributed by atoms with Crippen molar-refractivity contribution in [3.63, 3.8) is 0 Å².